The van der Waals surface area contributed by atoms with E-state index in [1.807, 2.05) is 0 Å². The number of thiophene rings is 2. The average Bonchev–Trinajstić information content (AvgIpc) is 3.23. The summed E-state index contributed by atoms with van der Waals surface area (Å²) in [5.74, 6) is 0.578. The summed E-state index contributed by atoms with van der Waals surface area (Å²) in [7, 11) is 0. The van der Waals surface area contributed by atoms with Crippen LogP contribution in [0.2, 0.25) is 0 Å². The molecule has 0 N–H and O–H groups in total. The summed E-state index contributed by atoms with van der Waals surface area (Å²) in [6, 6.07) is 4.27. The van der Waals surface area contributed by atoms with Crippen LogP contribution in [0.5, 0.6) is 0 Å². The van der Waals surface area contributed by atoms with Gasteiger partial charge in [-0.15, -0.1) is 22.7 Å². The fourth-order valence-electron chi connectivity index (χ4n) is 4.15. The van der Waals surface area contributed by atoms with Crippen molar-refractivity contribution in [2.24, 2.45) is 0 Å². The Balaban J connectivity index is 1.82. The molecule has 0 bridgehead atoms. The maximum Gasteiger partial charge on any atom is 0.132 e. The van der Waals surface area contributed by atoms with Crippen molar-refractivity contribution in [1.82, 2.24) is 0 Å². The van der Waals surface area contributed by atoms with Gasteiger partial charge in [-0.05, 0) is 46.9 Å². The van der Waals surface area contributed by atoms with Crippen molar-refractivity contribution in [3.63, 3.8) is 0 Å². The van der Waals surface area contributed by atoms with Crippen molar-refractivity contribution in [1.29, 1.82) is 0 Å². The molecule has 2 nitrogen and oxygen atoms in total. The summed E-state index contributed by atoms with van der Waals surface area (Å²) in [4.78, 5) is 26.0. The zero-order chi connectivity index (χ0) is 13.5. The molecule has 0 amide bonds. The molecule has 0 aromatic carbocycles. The molecule has 0 aliphatic heterocycles. The molecule has 20 heavy (non-hydrogen) atoms. The maximum atomic E-state index is 11.8. The number of rotatable bonds is 2. The van der Waals surface area contributed by atoms with Crippen molar-refractivity contribution in [3.8, 4) is 0 Å². The highest BCUT2D eigenvalue weighted by atomic mass is 32.1. The first-order valence-electron chi connectivity index (χ1n) is 6.85. The molecule has 2 aromatic heterocycles. The number of carbonyl (C=O) groups excluding carboxylic acids is 2. The average molecular weight is 300 g/mol. The molecule has 4 heteroatoms. The van der Waals surface area contributed by atoms with Gasteiger partial charge < -0.3 is 9.59 Å². The van der Waals surface area contributed by atoms with Crippen LogP contribution in [-0.2, 0) is 20.4 Å². The quantitative estimate of drug-likeness (QED) is 0.797. The van der Waals surface area contributed by atoms with E-state index in [1.165, 1.54) is 20.9 Å². The monoisotopic (exact) mass is 300 g/mol. The summed E-state index contributed by atoms with van der Waals surface area (Å²) in [5.41, 5.74) is 1.93. The Hall–Kier alpha value is -1.26. The van der Waals surface area contributed by atoms with Gasteiger partial charge in [0.25, 0.3) is 0 Å². The van der Waals surface area contributed by atoms with Gasteiger partial charge in [-0.25, -0.2) is 0 Å². The summed E-state index contributed by atoms with van der Waals surface area (Å²) in [6.45, 7) is 0. The predicted octanol–water partition coefficient (Wildman–Crippen LogP) is 3.37. The zero-order valence-corrected chi connectivity index (χ0v) is 12.3. The number of hydrogen-bond donors (Lipinski definition) is 0. The largest absolute Gasteiger partial charge is 0.302 e. The lowest BCUT2D eigenvalue weighted by Gasteiger charge is -2.19. The second kappa shape index (κ2) is 3.31. The Morgan fingerprint density at radius 1 is 0.900 bits per heavy atom. The first-order chi connectivity index (χ1) is 9.77. The van der Waals surface area contributed by atoms with Crippen LogP contribution in [-0.4, -0.2) is 12.6 Å². The summed E-state index contributed by atoms with van der Waals surface area (Å²) in [6.07, 6.45) is 4.14. The van der Waals surface area contributed by atoms with E-state index in [4.69, 9.17) is 0 Å². The van der Waals surface area contributed by atoms with Gasteiger partial charge in [0.1, 0.15) is 12.6 Å². The lowest BCUT2D eigenvalue weighted by Crippen LogP contribution is -2.19. The Bertz CT molecular complexity index is 694. The molecule has 0 spiro atoms. The van der Waals surface area contributed by atoms with E-state index in [-0.39, 0.29) is 22.7 Å². The van der Waals surface area contributed by atoms with E-state index in [9.17, 15) is 9.59 Å². The van der Waals surface area contributed by atoms with E-state index in [1.54, 1.807) is 22.7 Å². The van der Waals surface area contributed by atoms with Crippen molar-refractivity contribution < 1.29 is 9.59 Å². The highest BCUT2D eigenvalue weighted by Gasteiger charge is 2.67. The van der Waals surface area contributed by atoms with Gasteiger partial charge in [-0.3, -0.25) is 0 Å². The highest BCUT2D eigenvalue weighted by molar-refractivity contribution is 7.11. The van der Waals surface area contributed by atoms with Gasteiger partial charge in [0.2, 0.25) is 0 Å². The van der Waals surface area contributed by atoms with E-state index < -0.39 is 0 Å². The molecule has 0 saturated heterocycles. The van der Waals surface area contributed by atoms with Crippen molar-refractivity contribution in [3.05, 3.63) is 43.8 Å². The Morgan fingerprint density at radius 2 is 1.35 bits per heavy atom. The Morgan fingerprint density at radius 3 is 1.75 bits per heavy atom. The minimum absolute atomic E-state index is 0.289. The van der Waals surface area contributed by atoms with Crippen molar-refractivity contribution >= 4 is 35.2 Å². The molecule has 4 atom stereocenters. The topological polar surface area (TPSA) is 34.1 Å². The molecule has 3 aliphatic rings. The summed E-state index contributed by atoms with van der Waals surface area (Å²) < 4.78 is 0. The Kier molecular flexibility index (Phi) is 1.89. The molecular weight excluding hydrogens is 288 g/mol. The first kappa shape index (κ1) is 11.4. The molecule has 2 saturated carbocycles. The molecule has 2 unspecified atom stereocenters. The standard InChI is InChI=1S/C16H12O2S2/c17-7-15-5-11(15)9-1-3-19-13(9)16(8-18)6-12(16)10-2-4-20-14(10)15/h1-4,7-8,11-12H,5-6H2/t11-,12?,15?,16+/m1/s1. The predicted molar refractivity (Wildman–Crippen MR) is 78.8 cm³/mol. The number of aldehydes is 2. The second-order valence-corrected chi connectivity index (χ2v) is 8.07. The first-order valence-corrected chi connectivity index (χ1v) is 8.61. The summed E-state index contributed by atoms with van der Waals surface area (Å²) in [5, 5.41) is 4.16. The molecule has 2 aromatic rings. The third kappa shape index (κ3) is 1.05. The molecular formula is C16H12O2S2. The third-order valence-electron chi connectivity index (χ3n) is 5.42. The van der Waals surface area contributed by atoms with Crippen LogP contribution in [0.1, 0.15) is 45.6 Å². The van der Waals surface area contributed by atoms with Crippen LogP contribution in [0.15, 0.2) is 22.9 Å². The second-order valence-electron chi connectivity index (χ2n) is 6.24. The Labute approximate surface area is 124 Å². The fraction of sp³-hybridized carbons (Fsp3) is 0.375. The molecule has 2 heterocycles. The van der Waals surface area contributed by atoms with Crippen molar-refractivity contribution in [2.45, 2.75) is 35.5 Å². The molecule has 2 fully saturated rings. The van der Waals surface area contributed by atoms with Crippen LogP contribution >= 0.6 is 22.7 Å². The van der Waals surface area contributed by atoms with E-state index in [0.29, 0.717) is 0 Å². The summed E-state index contributed by atoms with van der Waals surface area (Å²) >= 11 is 3.39. The van der Waals surface area contributed by atoms with Gasteiger partial charge in [0.05, 0.1) is 10.8 Å². The number of hydrogen-bond acceptors (Lipinski definition) is 4. The molecule has 5 rings (SSSR count). The van der Waals surface area contributed by atoms with Crippen LogP contribution in [0.25, 0.3) is 0 Å². The van der Waals surface area contributed by atoms with Gasteiger partial charge in [0, 0.05) is 21.6 Å². The smallest absolute Gasteiger partial charge is 0.132 e. The van der Waals surface area contributed by atoms with E-state index >= 15 is 0 Å². The third-order valence-corrected chi connectivity index (χ3v) is 7.66. The minimum Gasteiger partial charge on any atom is -0.302 e. The lowest BCUT2D eigenvalue weighted by atomic mass is 9.86. The van der Waals surface area contributed by atoms with Crippen LogP contribution < -0.4 is 0 Å². The SMILES string of the molecule is O=CC12C[C@@H]1c1ccsc1[C@]1(C=O)CC1c1ccsc12. The molecule has 0 radical (unpaired) electrons. The van der Waals surface area contributed by atoms with Crippen LogP contribution in [0.3, 0.4) is 0 Å². The van der Waals surface area contributed by atoms with Gasteiger partial charge in [0.15, 0.2) is 0 Å². The molecule has 3 aliphatic carbocycles. The van der Waals surface area contributed by atoms with E-state index in [2.05, 4.69) is 22.9 Å². The van der Waals surface area contributed by atoms with Crippen molar-refractivity contribution in [2.75, 3.05) is 0 Å². The normalized spacial score (nSPS) is 39.4. The molecule has 100 valence electrons. The highest BCUT2D eigenvalue weighted by Crippen LogP contribution is 2.71. The van der Waals surface area contributed by atoms with Gasteiger partial charge >= 0.3 is 0 Å². The van der Waals surface area contributed by atoms with Gasteiger partial charge in [-0.2, -0.15) is 0 Å². The van der Waals surface area contributed by atoms with E-state index in [0.717, 1.165) is 25.4 Å². The number of fused-ring (bicyclic) bond motifs is 8. The van der Waals surface area contributed by atoms with Crippen LogP contribution in [0, 0.1) is 0 Å². The minimum atomic E-state index is -0.295. The van der Waals surface area contributed by atoms with Crippen LogP contribution in [0.4, 0.5) is 0 Å². The fourth-order valence-corrected chi connectivity index (χ4v) is 6.53. The zero-order valence-electron chi connectivity index (χ0n) is 10.7. The number of carbonyl (C=O) groups is 2. The maximum absolute atomic E-state index is 11.8. The van der Waals surface area contributed by atoms with Gasteiger partial charge in [-0.1, -0.05) is 0 Å². The lowest BCUT2D eigenvalue weighted by molar-refractivity contribution is -0.110.